The van der Waals surface area contributed by atoms with Crippen LogP contribution in [0.15, 0.2) is 96.1 Å². The molecule has 35 heavy (non-hydrogen) atoms. The molecule has 0 saturated carbocycles. The lowest BCUT2D eigenvalue weighted by atomic mass is 10.0. The highest BCUT2D eigenvalue weighted by Crippen LogP contribution is 2.27. The highest BCUT2D eigenvalue weighted by atomic mass is 19.1. The smallest absolute Gasteiger partial charge is 0.343 e. The summed E-state index contributed by atoms with van der Waals surface area (Å²) in [5.74, 6) is -1.80. The zero-order valence-electron chi connectivity index (χ0n) is 18.4. The summed E-state index contributed by atoms with van der Waals surface area (Å²) in [7, 11) is 0. The van der Waals surface area contributed by atoms with Crippen LogP contribution in [0.2, 0.25) is 0 Å². The molecule has 7 nitrogen and oxygen atoms in total. The Labute approximate surface area is 200 Å². The van der Waals surface area contributed by atoms with Crippen molar-refractivity contribution in [3.8, 4) is 5.75 Å². The van der Waals surface area contributed by atoms with Crippen LogP contribution in [0.25, 0.3) is 10.8 Å². The Kier molecular flexibility index (Phi) is 7.22. The molecule has 4 aromatic rings. The van der Waals surface area contributed by atoms with Crippen molar-refractivity contribution in [1.82, 2.24) is 10.7 Å². The number of carbonyl (C=O) groups excluding carboxylic acids is 3. The molecule has 8 heteroatoms. The number of ether oxygens (including phenoxy) is 1. The number of hydrogen-bond donors (Lipinski definition) is 2. The average molecular weight is 469 g/mol. The normalized spacial score (nSPS) is 10.8. The molecule has 0 aliphatic carbocycles. The largest absolute Gasteiger partial charge is 0.422 e. The Morgan fingerprint density at radius 2 is 1.54 bits per heavy atom. The van der Waals surface area contributed by atoms with Gasteiger partial charge in [0, 0.05) is 11.1 Å². The monoisotopic (exact) mass is 469 g/mol. The summed E-state index contributed by atoms with van der Waals surface area (Å²) in [6.07, 6.45) is 1.38. The fraction of sp³-hybridized carbons (Fsp3) is 0.0370. The summed E-state index contributed by atoms with van der Waals surface area (Å²) in [5.41, 5.74) is 3.46. The summed E-state index contributed by atoms with van der Waals surface area (Å²) in [6, 6.07) is 24.5. The first kappa shape index (κ1) is 23.3. The molecule has 0 heterocycles. The van der Waals surface area contributed by atoms with E-state index in [0.717, 1.165) is 22.9 Å². The van der Waals surface area contributed by atoms with Gasteiger partial charge >= 0.3 is 5.97 Å². The lowest BCUT2D eigenvalue weighted by molar-refractivity contribution is -0.120. The van der Waals surface area contributed by atoms with Crippen LogP contribution in [0, 0.1) is 5.82 Å². The lowest BCUT2D eigenvalue weighted by Gasteiger charge is -2.10. The number of amides is 2. The van der Waals surface area contributed by atoms with E-state index < -0.39 is 23.6 Å². The number of esters is 1. The van der Waals surface area contributed by atoms with Gasteiger partial charge in [0.15, 0.2) is 0 Å². The van der Waals surface area contributed by atoms with Crippen LogP contribution in [0.1, 0.15) is 26.3 Å². The van der Waals surface area contributed by atoms with E-state index in [2.05, 4.69) is 15.8 Å². The van der Waals surface area contributed by atoms with Crippen molar-refractivity contribution >= 4 is 34.8 Å². The molecule has 2 N–H and O–H groups in total. The molecule has 0 saturated heterocycles. The molecule has 0 aliphatic heterocycles. The molecule has 0 aliphatic rings. The fourth-order valence-corrected chi connectivity index (χ4v) is 3.30. The van der Waals surface area contributed by atoms with Gasteiger partial charge in [-0.1, -0.05) is 48.5 Å². The second-order valence-electron chi connectivity index (χ2n) is 7.44. The quantitative estimate of drug-likeness (QED) is 0.185. The molecule has 2 amide bonds. The first-order valence-corrected chi connectivity index (χ1v) is 10.7. The Morgan fingerprint density at radius 1 is 0.829 bits per heavy atom. The average Bonchev–Trinajstić information content (AvgIpc) is 2.89. The van der Waals surface area contributed by atoms with Crippen LogP contribution in [-0.4, -0.2) is 30.5 Å². The van der Waals surface area contributed by atoms with E-state index in [1.54, 1.807) is 36.4 Å². The predicted molar refractivity (Wildman–Crippen MR) is 130 cm³/mol. The van der Waals surface area contributed by atoms with E-state index in [0.29, 0.717) is 11.1 Å². The summed E-state index contributed by atoms with van der Waals surface area (Å²) >= 11 is 0. The van der Waals surface area contributed by atoms with Gasteiger partial charge in [-0.2, -0.15) is 5.10 Å². The van der Waals surface area contributed by atoms with Gasteiger partial charge in [-0.25, -0.2) is 14.6 Å². The molecule has 4 aromatic carbocycles. The van der Waals surface area contributed by atoms with Gasteiger partial charge in [-0.15, -0.1) is 0 Å². The maximum absolute atomic E-state index is 13.0. The molecule has 0 radical (unpaired) electrons. The number of carbonyl (C=O) groups is 3. The molecule has 0 atom stereocenters. The molecule has 4 rings (SSSR count). The number of rotatable bonds is 7. The van der Waals surface area contributed by atoms with E-state index in [1.165, 1.54) is 18.3 Å². The zero-order valence-corrected chi connectivity index (χ0v) is 18.4. The third-order valence-electron chi connectivity index (χ3n) is 5.04. The Balaban J connectivity index is 1.46. The number of nitrogens with zero attached hydrogens (tertiary/aromatic N) is 1. The summed E-state index contributed by atoms with van der Waals surface area (Å²) in [5, 5.41) is 8.08. The van der Waals surface area contributed by atoms with Crippen LogP contribution >= 0.6 is 0 Å². The minimum absolute atomic E-state index is 0.225. The van der Waals surface area contributed by atoms with Crippen LogP contribution < -0.4 is 15.5 Å². The predicted octanol–water partition coefficient (Wildman–Crippen LogP) is 4.08. The van der Waals surface area contributed by atoms with Gasteiger partial charge in [0.1, 0.15) is 11.6 Å². The number of fused-ring (bicyclic) bond motifs is 1. The number of benzene rings is 4. The molecule has 0 unspecified atom stereocenters. The van der Waals surface area contributed by atoms with Gasteiger partial charge in [0.2, 0.25) is 0 Å². The topological polar surface area (TPSA) is 96.9 Å². The van der Waals surface area contributed by atoms with Gasteiger partial charge in [0.25, 0.3) is 11.8 Å². The Morgan fingerprint density at radius 3 is 2.31 bits per heavy atom. The van der Waals surface area contributed by atoms with E-state index in [-0.39, 0.29) is 17.9 Å². The molecule has 0 fully saturated rings. The molecule has 0 bridgehead atoms. The van der Waals surface area contributed by atoms with Crippen LogP contribution in [-0.2, 0) is 4.79 Å². The zero-order chi connectivity index (χ0) is 24.6. The SMILES string of the molecule is O=C(CNC(=O)c1ccc(F)cc1)N/N=C/c1c(OC(=O)c2ccccc2)ccc2ccccc12. The number of hydrogen-bond acceptors (Lipinski definition) is 5. The first-order chi connectivity index (χ1) is 17.0. The minimum Gasteiger partial charge on any atom is -0.422 e. The summed E-state index contributed by atoms with van der Waals surface area (Å²) < 4.78 is 18.6. The Bertz CT molecular complexity index is 1400. The molecule has 0 spiro atoms. The van der Waals surface area contributed by atoms with Crippen molar-refractivity contribution < 1.29 is 23.5 Å². The minimum atomic E-state index is -0.570. The third kappa shape index (κ3) is 5.94. The van der Waals surface area contributed by atoms with Crippen molar-refractivity contribution in [2.45, 2.75) is 0 Å². The Hall–Kier alpha value is -4.85. The number of halogens is 1. The van der Waals surface area contributed by atoms with Crippen molar-refractivity contribution in [2.75, 3.05) is 6.54 Å². The van der Waals surface area contributed by atoms with E-state index >= 15 is 0 Å². The van der Waals surface area contributed by atoms with Crippen LogP contribution in [0.4, 0.5) is 4.39 Å². The number of nitrogens with one attached hydrogen (secondary N) is 2. The maximum Gasteiger partial charge on any atom is 0.343 e. The lowest BCUT2D eigenvalue weighted by Crippen LogP contribution is -2.34. The van der Waals surface area contributed by atoms with Crippen LogP contribution in [0.3, 0.4) is 0 Å². The van der Waals surface area contributed by atoms with E-state index in [4.69, 9.17) is 4.74 Å². The van der Waals surface area contributed by atoms with Gasteiger partial charge in [-0.3, -0.25) is 9.59 Å². The van der Waals surface area contributed by atoms with Crippen LogP contribution in [0.5, 0.6) is 5.75 Å². The van der Waals surface area contributed by atoms with E-state index in [9.17, 15) is 18.8 Å². The highest BCUT2D eigenvalue weighted by Gasteiger charge is 2.13. The summed E-state index contributed by atoms with van der Waals surface area (Å²) in [4.78, 5) is 36.8. The highest BCUT2D eigenvalue weighted by molar-refractivity contribution is 6.04. The molecule has 174 valence electrons. The van der Waals surface area contributed by atoms with Crippen molar-refractivity contribution in [3.05, 3.63) is 114 Å². The van der Waals surface area contributed by atoms with Gasteiger partial charge < -0.3 is 10.1 Å². The second kappa shape index (κ2) is 10.8. The molecular weight excluding hydrogens is 449 g/mol. The second-order valence-corrected chi connectivity index (χ2v) is 7.44. The van der Waals surface area contributed by atoms with Gasteiger partial charge in [0.05, 0.1) is 18.3 Å². The number of hydrazone groups is 1. The molecular formula is C27H20FN3O4. The maximum atomic E-state index is 13.0. The van der Waals surface area contributed by atoms with Crippen molar-refractivity contribution in [3.63, 3.8) is 0 Å². The van der Waals surface area contributed by atoms with Crippen molar-refractivity contribution in [1.29, 1.82) is 0 Å². The molecule has 0 aromatic heterocycles. The standard InChI is InChI=1S/C27H20FN3O4/c28-21-13-10-19(11-14-21)26(33)29-17-25(32)31-30-16-23-22-9-5-4-6-18(22)12-15-24(23)35-27(34)20-7-2-1-3-8-20/h1-16H,17H2,(H,29,33)(H,31,32)/b30-16+. The fourth-order valence-electron chi connectivity index (χ4n) is 3.30. The summed E-state index contributed by atoms with van der Waals surface area (Å²) in [6.45, 7) is -0.334. The van der Waals surface area contributed by atoms with E-state index in [1.807, 2.05) is 30.3 Å². The third-order valence-corrected chi connectivity index (χ3v) is 5.04. The van der Waals surface area contributed by atoms with Gasteiger partial charge in [-0.05, 0) is 53.2 Å². The first-order valence-electron chi connectivity index (χ1n) is 10.7. The van der Waals surface area contributed by atoms with Crippen molar-refractivity contribution in [2.24, 2.45) is 5.10 Å².